The van der Waals surface area contributed by atoms with Crippen molar-refractivity contribution in [2.75, 3.05) is 13.7 Å². The van der Waals surface area contributed by atoms with Gasteiger partial charge in [0.1, 0.15) is 17.6 Å². The highest BCUT2D eigenvalue weighted by molar-refractivity contribution is 6.31. The van der Waals surface area contributed by atoms with E-state index in [1.54, 1.807) is 32.2 Å². The number of rotatable bonds is 9. The highest BCUT2D eigenvalue weighted by atomic mass is 35.5. The summed E-state index contributed by atoms with van der Waals surface area (Å²) < 4.78 is 19.3. The molecule has 0 heterocycles. The van der Waals surface area contributed by atoms with Crippen LogP contribution in [-0.2, 0) is 22.6 Å². The van der Waals surface area contributed by atoms with Gasteiger partial charge in [-0.2, -0.15) is 0 Å². The number of carbonyl (C=O) groups excluding carboxylic acids is 2. The lowest BCUT2D eigenvalue weighted by molar-refractivity contribution is -0.140. The zero-order valence-corrected chi connectivity index (χ0v) is 17.6. The SMILES string of the molecule is CCCNC(=O)[C@H](C)N(Cc1ccc(OC)cc1)C(=O)Cc1c(F)cccc1Cl. The minimum absolute atomic E-state index is 0.125. The molecule has 0 spiro atoms. The van der Waals surface area contributed by atoms with Crippen molar-refractivity contribution >= 4 is 23.4 Å². The zero-order chi connectivity index (χ0) is 21.4. The minimum Gasteiger partial charge on any atom is -0.497 e. The molecule has 2 aromatic rings. The summed E-state index contributed by atoms with van der Waals surface area (Å²) in [5, 5.41) is 2.99. The first-order valence-electron chi connectivity index (χ1n) is 9.50. The molecule has 0 aliphatic heterocycles. The maximum Gasteiger partial charge on any atom is 0.242 e. The molecule has 0 saturated heterocycles. The van der Waals surface area contributed by atoms with Crippen LogP contribution in [0, 0.1) is 5.82 Å². The van der Waals surface area contributed by atoms with E-state index >= 15 is 0 Å². The lowest BCUT2D eigenvalue weighted by atomic mass is 10.1. The summed E-state index contributed by atoms with van der Waals surface area (Å²) in [7, 11) is 1.57. The monoisotopic (exact) mass is 420 g/mol. The number of nitrogens with zero attached hydrogens (tertiary/aromatic N) is 1. The number of hydrogen-bond acceptors (Lipinski definition) is 3. The van der Waals surface area contributed by atoms with Gasteiger partial charge in [-0.3, -0.25) is 9.59 Å². The van der Waals surface area contributed by atoms with Crippen molar-refractivity contribution in [3.05, 3.63) is 64.4 Å². The Morgan fingerprint density at radius 1 is 1.21 bits per heavy atom. The quantitative estimate of drug-likeness (QED) is 0.667. The molecular formula is C22H26ClFN2O3. The maximum atomic E-state index is 14.2. The van der Waals surface area contributed by atoms with E-state index in [0.717, 1.165) is 12.0 Å². The Balaban J connectivity index is 2.26. The molecule has 2 rings (SSSR count). The normalized spacial score (nSPS) is 11.6. The highest BCUT2D eigenvalue weighted by Crippen LogP contribution is 2.22. The largest absolute Gasteiger partial charge is 0.497 e. The molecule has 0 radical (unpaired) electrons. The molecule has 5 nitrogen and oxygen atoms in total. The number of ether oxygens (including phenoxy) is 1. The zero-order valence-electron chi connectivity index (χ0n) is 16.9. The predicted octanol–water partition coefficient (Wildman–Crippen LogP) is 3.97. The van der Waals surface area contributed by atoms with Crippen LogP contribution >= 0.6 is 11.6 Å². The van der Waals surface area contributed by atoms with Crippen LogP contribution < -0.4 is 10.1 Å². The van der Waals surface area contributed by atoms with Crippen LogP contribution in [0.3, 0.4) is 0 Å². The van der Waals surface area contributed by atoms with E-state index in [2.05, 4.69) is 5.32 Å². The third-order valence-corrected chi connectivity index (χ3v) is 4.97. The van der Waals surface area contributed by atoms with E-state index in [1.165, 1.54) is 17.0 Å². The van der Waals surface area contributed by atoms with Crippen molar-refractivity contribution in [3.8, 4) is 5.75 Å². The second-order valence-corrected chi connectivity index (χ2v) is 7.12. The van der Waals surface area contributed by atoms with E-state index in [-0.39, 0.29) is 35.4 Å². The van der Waals surface area contributed by atoms with Gasteiger partial charge in [-0.25, -0.2) is 4.39 Å². The van der Waals surface area contributed by atoms with Crippen LogP contribution in [0.15, 0.2) is 42.5 Å². The van der Waals surface area contributed by atoms with Gasteiger partial charge in [0.05, 0.1) is 13.5 Å². The molecule has 0 unspecified atom stereocenters. The average molecular weight is 421 g/mol. The standard InChI is InChI=1S/C22H26ClFN2O3/c1-4-12-25-22(28)15(2)26(14-16-8-10-17(29-3)11-9-16)21(27)13-18-19(23)6-5-7-20(18)24/h5-11,15H,4,12-14H2,1-3H3,(H,25,28)/t15-/m0/s1. The first kappa shape index (κ1) is 22.7. The molecule has 1 atom stereocenters. The van der Waals surface area contributed by atoms with E-state index < -0.39 is 11.9 Å². The fourth-order valence-electron chi connectivity index (χ4n) is 2.86. The van der Waals surface area contributed by atoms with Crippen molar-refractivity contribution in [1.82, 2.24) is 10.2 Å². The molecule has 0 aliphatic carbocycles. The van der Waals surface area contributed by atoms with Gasteiger partial charge in [0.2, 0.25) is 11.8 Å². The summed E-state index contributed by atoms with van der Waals surface area (Å²) >= 11 is 6.08. The summed E-state index contributed by atoms with van der Waals surface area (Å²) in [5.74, 6) is -0.489. The summed E-state index contributed by atoms with van der Waals surface area (Å²) in [6, 6.07) is 10.8. The van der Waals surface area contributed by atoms with Crippen molar-refractivity contribution in [3.63, 3.8) is 0 Å². The van der Waals surface area contributed by atoms with Gasteiger partial charge >= 0.3 is 0 Å². The molecule has 156 valence electrons. The molecular weight excluding hydrogens is 395 g/mol. The van der Waals surface area contributed by atoms with Gasteiger partial charge in [0.15, 0.2) is 0 Å². The Hall–Kier alpha value is -2.60. The van der Waals surface area contributed by atoms with Crippen LogP contribution in [0.25, 0.3) is 0 Å². The summed E-state index contributed by atoms with van der Waals surface area (Å²) in [4.78, 5) is 27.0. The summed E-state index contributed by atoms with van der Waals surface area (Å²) in [6.45, 7) is 4.34. The maximum absolute atomic E-state index is 14.2. The van der Waals surface area contributed by atoms with Crippen molar-refractivity contribution in [2.24, 2.45) is 0 Å². The van der Waals surface area contributed by atoms with Gasteiger partial charge in [-0.05, 0) is 43.2 Å². The number of amides is 2. The molecule has 0 aliphatic rings. The number of methoxy groups -OCH3 is 1. The van der Waals surface area contributed by atoms with Crippen LogP contribution in [0.1, 0.15) is 31.4 Å². The van der Waals surface area contributed by atoms with Gasteiger partial charge in [-0.1, -0.05) is 36.7 Å². The highest BCUT2D eigenvalue weighted by Gasteiger charge is 2.27. The number of benzene rings is 2. The second kappa shape index (κ2) is 10.8. The van der Waals surface area contributed by atoms with Crippen molar-refractivity contribution in [2.45, 2.75) is 39.3 Å². The summed E-state index contributed by atoms with van der Waals surface area (Å²) in [5.41, 5.74) is 0.953. The van der Waals surface area contributed by atoms with E-state index in [4.69, 9.17) is 16.3 Å². The first-order valence-corrected chi connectivity index (χ1v) is 9.88. The molecule has 0 aromatic heterocycles. The Labute approximate surface area is 175 Å². The van der Waals surface area contributed by atoms with E-state index in [0.29, 0.717) is 12.3 Å². The lowest BCUT2D eigenvalue weighted by Gasteiger charge is -2.29. The molecule has 29 heavy (non-hydrogen) atoms. The lowest BCUT2D eigenvalue weighted by Crippen LogP contribution is -2.48. The fourth-order valence-corrected chi connectivity index (χ4v) is 3.09. The van der Waals surface area contributed by atoms with Gasteiger partial charge in [0, 0.05) is 23.7 Å². The molecule has 7 heteroatoms. The third kappa shape index (κ3) is 6.19. The topological polar surface area (TPSA) is 58.6 Å². The smallest absolute Gasteiger partial charge is 0.242 e. The van der Waals surface area contributed by atoms with Gasteiger partial charge < -0.3 is 15.0 Å². The molecule has 2 aromatic carbocycles. The minimum atomic E-state index is -0.721. The second-order valence-electron chi connectivity index (χ2n) is 6.71. The third-order valence-electron chi connectivity index (χ3n) is 4.62. The molecule has 1 N–H and O–H groups in total. The number of carbonyl (C=O) groups is 2. The fraction of sp³-hybridized carbons (Fsp3) is 0.364. The van der Waals surface area contributed by atoms with E-state index in [1.807, 2.05) is 19.1 Å². The summed E-state index contributed by atoms with van der Waals surface area (Å²) in [6.07, 6.45) is 0.558. The Bertz CT molecular complexity index is 822. The van der Waals surface area contributed by atoms with Crippen LogP contribution in [0.4, 0.5) is 4.39 Å². The van der Waals surface area contributed by atoms with Gasteiger partial charge in [-0.15, -0.1) is 0 Å². The average Bonchev–Trinajstić information content (AvgIpc) is 2.72. The van der Waals surface area contributed by atoms with Crippen molar-refractivity contribution in [1.29, 1.82) is 0 Å². The van der Waals surface area contributed by atoms with Crippen LogP contribution in [0.5, 0.6) is 5.75 Å². The number of hydrogen-bond donors (Lipinski definition) is 1. The molecule has 2 amide bonds. The van der Waals surface area contributed by atoms with Crippen LogP contribution in [-0.4, -0.2) is 36.4 Å². The van der Waals surface area contributed by atoms with Crippen LogP contribution in [0.2, 0.25) is 5.02 Å². The predicted molar refractivity (Wildman–Crippen MR) is 111 cm³/mol. The molecule has 0 saturated carbocycles. The Kier molecular flexibility index (Phi) is 8.46. The van der Waals surface area contributed by atoms with E-state index in [9.17, 15) is 14.0 Å². The Morgan fingerprint density at radius 3 is 2.48 bits per heavy atom. The van der Waals surface area contributed by atoms with Gasteiger partial charge in [0.25, 0.3) is 0 Å². The molecule has 0 fully saturated rings. The molecule has 0 bridgehead atoms. The Morgan fingerprint density at radius 2 is 1.90 bits per heavy atom. The number of halogens is 2. The first-order chi connectivity index (χ1) is 13.9. The van der Waals surface area contributed by atoms with Crippen molar-refractivity contribution < 1.29 is 18.7 Å². The number of nitrogens with one attached hydrogen (secondary N) is 1.